The number of rotatable bonds is 3. The summed E-state index contributed by atoms with van der Waals surface area (Å²) in [5.41, 5.74) is -0.225. The van der Waals surface area contributed by atoms with E-state index in [9.17, 15) is 13.2 Å². The Hall–Kier alpha value is -0.460. The Labute approximate surface area is 145 Å². The summed E-state index contributed by atoms with van der Waals surface area (Å²) in [5, 5.41) is 2.94. The third kappa shape index (κ3) is 5.03. The predicted molar refractivity (Wildman–Crippen MR) is 88.3 cm³/mol. The second-order valence-corrected chi connectivity index (χ2v) is 5.11. The van der Waals surface area contributed by atoms with Gasteiger partial charge in [-0.1, -0.05) is 23.7 Å². The molecule has 0 radical (unpaired) electrons. The van der Waals surface area contributed by atoms with Gasteiger partial charge in [0.05, 0.1) is 16.6 Å². The minimum atomic E-state index is -4.44. The zero-order valence-electron chi connectivity index (χ0n) is 11.7. The van der Waals surface area contributed by atoms with Crippen LogP contribution in [0.2, 0.25) is 5.02 Å². The van der Waals surface area contributed by atoms with Gasteiger partial charge >= 0.3 is 6.18 Å². The summed E-state index contributed by atoms with van der Waals surface area (Å²) >= 11 is 5.65. The average molecular weight is 378 g/mol. The SMILES string of the molecule is C=C[C@@H](c1ccc(Cl)c(C(F)(F)F)c1)N1CCNCC1.Cl.Cl. The Kier molecular flexibility index (Phi) is 8.80. The third-order valence-electron chi connectivity index (χ3n) is 3.41. The molecule has 1 atom stereocenters. The van der Waals surface area contributed by atoms with Crippen LogP contribution in [0.3, 0.4) is 0 Å². The topological polar surface area (TPSA) is 15.3 Å². The molecule has 0 aromatic heterocycles. The molecule has 126 valence electrons. The third-order valence-corrected chi connectivity index (χ3v) is 3.74. The van der Waals surface area contributed by atoms with Crippen molar-refractivity contribution in [1.82, 2.24) is 10.2 Å². The fourth-order valence-corrected chi connectivity index (χ4v) is 2.63. The van der Waals surface area contributed by atoms with Crippen molar-refractivity contribution in [3.8, 4) is 0 Å². The van der Waals surface area contributed by atoms with Gasteiger partial charge in [0.2, 0.25) is 0 Å². The highest BCUT2D eigenvalue weighted by molar-refractivity contribution is 6.31. The lowest BCUT2D eigenvalue weighted by Gasteiger charge is -2.33. The van der Waals surface area contributed by atoms with E-state index < -0.39 is 11.7 Å². The van der Waals surface area contributed by atoms with Crippen LogP contribution in [0.4, 0.5) is 13.2 Å². The highest BCUT2D eigenvalue weighted by Gasteiger charge is 2.34. The molecule has 2 nitrogen and oxygen atoms in total. The highest BCUT2D eigenvalue weighted by atomic mass is 35.5. The highest BCUT2D eigenvalue weighted by Crippen LogP contribution is 2.37. The van der Waals surface area contributed by atoms with Gasteiger partial charge in [-0.15, -0.1) is 31.4 Å². The normalized spacial score (nSPS) is 17.1. The Morgan fingerprint density at radius 2 is 1.82 bits per heavy atom. The molecule has 1 aliphatic heterocycles. The minimum absolute atomic E-state index is 0. The molecule has 1 N–H and O–H groups in total. The monoisotopic (exact) mass is 376 g/mol. The Morgan fingerprint density at radius 3 is 2.32 bits per heavy atom. The summed E-state index contributed by atoms with van der Waals surface area (Å²) in [6.45, 7) is 6.95. The van der Waals surface area contributed by atoms with E-state index in [-0.39, 0.29) is 35.9 Å². The van der Waals surface area contributed by atoms with Gasteiger partial charge in [-0.05, 0) is 17.7 Å². The maximum absolute atomic E-state index is 12.9. The lowest BCUT2D eigenvalue weighted by molar-refractivity contribution is -0.137. The Balaban J connectivity index is 0.00000220. The van der Waals surface area contributed by atoms with Gasteiger partial charge in [0, 0.05) is 26.2 Å². The van der Waals surface area contributed by atoms with Gasteiger partial charge in [0.25, 0.3) is 0 Å². The largest absolute Gasteiger partial charge is 0.417 e. The summed E-state index contributed by atoms with van der Waals surface area (Å²) in [7, 11) is 0. The zero-order chi connectivity index (χ0) is 14.8. The van der Waals surface area contributed by atoms with Crippen molar-refractivity contribution in [2.24, 2.45) is 0 Å². The van der Waals surface area contributed by atoms with Crippen molar-refractivity contribution in [2.45, 2.75) is 12.2 Å². The summed E-state index contributed by atoms with van der Waals surface area (Å²) < 4.78 is 38.7. The second kappa shape index (κ2) is 8.99. The van der Waals surface area contributed by atoms with Crippen LogP contribution >= 0.6 is 36.4 Å². The first kappa shape index (κ1) is 21.5. The number of hydrogen-bond donors (Lipinski definition) is 1. The number of nitrogens with one attached hydrogen (secondary N) is 1. The molecule has 1 aromatic carbocycles. The minimum Gasteiger partial charge on any atom is -0.314 e. The van der Waals surface area contributed by atoms with Gasteiger partial charge in [-0.2, -0.15) is 13.2 Å². The van der Waals surface area contributed by atoms with Gasteiger partial charge in [0.15, 0.2) is 0 Å². The van der Waals surface area contributed by atoms with Crippen LogP contribution in [0.15, 0.2) is 30.9 Å². The molecule has 0 amide bonds. The molecule has 0 saturated carbocycles. The molecule has 0 aliphatic carbocycles. The van der Waals surface area contributed by atoms with E-state index in [2.05, 4.69) is 16.8 Å². The lowest BCUT2D eigenvalue weighted by atomic mass is 10.0. The summed E-state index contributed by atoms with van der Waals surface area (Å²) in [6, 6.07) is 3.83. The van der Waals surface area contributed by atoms with Crippen LogP contribution < -0.4 is 5.32 Å². The van der Waals surface area contributed by atoms with Crippen molar-refractivity contribution >= 4 is 36.4 Å². The van der Waals surface area contributed by atoms with Gasteiger partial charge in [0.1, 0.15) is 0 Å². The molecule has 22 heavy (non-hydrogen) atoms. The second-order valence-electron chi connectivity index (χ2n) is 4.70. The maximum Gasteiger partial charge on any atom is 0.417 e. The molecule has 0 spiro atoms. The number of halogens is 6. The van der Waals surface area contributed by atoms with Gasteiger partial charge in [-0.25, -0.2) is 0 Å². The van der Waals surface area contributed by atoms with E-state index in [4.69, 9.17) is 11.6 Å². The average Bonchev–Trinajstić information content (AvgIpc) is 2.41. The van der Waals surface area contributed by atoms with Gasteiger partial charge < -0.3 is 5.32 Å². The van der Waals surface area contributed by atoms with Crippen molar-refractivity contribution in [3.63, 3.8) is 0 Å². The van der Waals surface area contributed by atoms with Crippen LogP contribution in [0.1, 0.15) is 17.2 Å². The smallest absolute Gasteiger partial charge is 0.314 e. The number of piperazine rings is 1. The fraction of sp³-hybridized carbons (Fsp3) is 0.429. The molecular formula is C14H18Cl3F3N2. The van der Waals surface area contributed by atoms with E-state index in [0.29, 0.717) is 5.56 Å². The lowest BCUT2D eigenvalue weighted by Crippen LogP contribution is -2.44. The van der Waals surface area contributed by atoms with Gasteiger partial charge in [-0.3, -0.25) is 4.90 Å². The standard InChI is InChI=1S/C14H16ClF3N2.2ClH/c1-2-13(20-7-5-19-6-8-20)10-3-4-12(15)11(9-10)14(16,17)18;;/h2-4,9,13,19H,1,5-8H2;2*1H/t13-;;/m0../s1. The van der Waals surface area contributed by atoms with Crippen LogP contribution in [-0.4, -0.2) is 31.1 Å². The Morgan fingerprint density at radius 1 is 1.23 bits per heavy atom. The summed E-state index contributed by atoms with van der Waals surface area (Å²) in [5.74, 6) is 0. The molecule has 1 heterocycles. The van der Waals surface area contributed by atoms with Crippen LogP contribution in [0.25, 0.3) is 0 Å². The van der Waals surface area contributed by atoms with E-state index in [1.54, 1.807) is 12.1 Å². The van der Waals surface area contributed by atoms with Crippen molar-refractivity contribution in [1.29, 1.82) is 0 Å². The van der Waals surface area contributed by atoms with E-state index in [0.717, 1.165) is 32.2 Å². The van der Waals surface area contributed by atoms with E-state index in [1.807, 2.05) is 0 Å². The number of benzene rings is 1. The maximum atomic E-state index is 12.9. The van der Waals surface area contributed by atoms with Crippen LogP contribution in [0.5, 0.6) is 0 Å². The molecule has 2 rings (SSSR count). The first-order chi connectivity index (χ1) is 9.43. The van der Waals surface area contributed by atoms with Crippen LogP contribution in [-0.2, 0) is 6.18 Å². The summed E-state index contributed by atoms with van der Waals surface area (Å²) in [4.78, 5) is 2.10. The molecule has 8 heteroatoms. The summed E-state index contributed by atoms with van der Waals surface area (Å²) in [6.07, 6.45) is -2.77. The molecule has 0 bridgehead atoms. The molecule has 1 aromatic rings. The van der Waals surface area contributed by atoms with E-state index in [1.165, 1.54) is 6.07 Å². The number of nitrogens with zero attached hydrogens (tertiary/aromatic N) is 1. The van der Waals surface area contributed by atoms with Crippen LogP contribution in [0, 0.1) is 0 Å². The quantitative estimate of drug-likeness (QED) is 0.789. The number of alkyl halides is 3. The predicted octanol–water partition coefficient (Wildman–Crippen LogP) is 4.33. The molecule has 1 aliphatic rings. The molecule has 0 unspecified atom stereocenters. The Bertz CT molecular complexity index is 489. The van der Waals surface area contributed by atoms with Crippen molar-refractivity contribution in [2.75, 3.05) is 26.2 Å². The zero-order valence-corrected chi connectivity index (χ0v) is 14.1. The first-order valence-electron chi connectivity index (χ1n) is 6.37. The molecule has 1 saturated heterocycles. The fourth-order valence-electron chi connectivity index (χ4n) is 2.40. The van der Waals surface area contributed by atoms with E-state index >= 15 is 0 Å². The van der Waals surface area contributed by atoms with Crippen molar-refractivity contribution in [3.05, 3.63) is 47.0 Å². The number of hydrogen-bond acceptors (Lipinski definition) is 2. The first-order valence-corrected chi connectivity index (χ1v) is 6.75. The molecular weight excluding hydrogens is 360 g/mol. The van der Waals surface area contributed by atoms with Crippen molar-refractivity contribution < 1.29 is 13.2 Å². The molecule has 1 fully saturated rings.